The minimum atomic E-state index is -0.647. The molecule has 5 atom stereocenters. The lowest BCUT2D eigenvalue weighted by Crippen LogP contribution is -2.56. The Morgan fingerprint density at radius 1 is 1.18 bits per heavy atom. The smallest absolute Gasteiger partial charge is 0.247 e. The van der Waals surface area contributed by atoms with E-state index in [-0.39, 0.29) is 35.6 Å². The van der Waals surface area contributed by atoms with Crippen LogP contribution in [0, 0.1) is 11.8 Å². The summed E-state index contributed by atoms with van der Waals surface area (Å²) in [7, 11) is 0. The van der Waals surface area contributed by atoms with Crippen molar-refractivity contribution in [2.75, 3.05) is 37.7 Å². The van der Waals surface area contributed by atoms with E-state index in [1.54, 1.807) is 38.6 Å². The predicted molar refractivity (Wildman–Crippen MR) is 159 cm³/mol. The minimum Gasteiger partial charge on any atom is -0.494 e. The number of nitrogens with zero attached hydrogens (tertiary/aromatic N) is 3. The fraction of sp³-hybridized carbons (Fsp3) is 0.581. The Hall–Kier alpha value is -2.78. The molecule has 2 unspecified atom stereocenters. The first kappa shape index (κ1) is 30.2. The normalized spacial score (nSPS) is 26.6. The number of hydrogen-bond acceptors (Lipinski definition) is 6. The van der Waals surface area contributed by atoms with Gasteiger partial charge < -0.3 is 24.5 Å². The zero-order valence-corrected chi connectivity index (χ0v) is 24.8. The third-order valence-electron chi connectivity index (χ3n) is 8.40. The Morgan fingerprint density at radius 3 is 2.48 bits per heavy atom. The van der Waals surface area contributed by atoms with Gasteiger partial charge in [0.15, 0.2) is 0 Å². The number of benzene rings is 1. The molecule has 1 N–H and O–H groups in total. The molecule has 3 aliphatic rings. The van der Waals surface area contributed by atoms with Crippen molar-refractivity contribution < 1.29 is 24.2 Å². The Labute approximate surface area is 242 Å². The van der Waals surface area contributed by atoms with Gasteiger partial charge in [-0.1, -0.05) is 12.2 Å². The van der Waals surface area contributed by atoms with Crippen molar-refractivity contribution in [1.82, 2.24) is 9.80 Å². The van der Waals surface area contributed by atoms with Crippen LogP contribution in [0.15, 0.2) is 49.6 Å². The van der Waals surface area contributed by atoms with Gasteiger partial charge in [-0.15, -0.1) is 24.9 Å². The number of hydrogen-bond donors (Lipinski definition) is 1. The van der Waals surface area contributed by atoms with E-state index in [1.807, 2.05) is 45.0 Å². The SMILES string of the molecule is C=CCN(C(=O)[C@@H]1[C@@H]2CCC3(S2)C(C(=O)N(CC=C)C(C)C)N(CCCCO)C(=O)[C@H]13)c1ccc(OCC)cc1. The van der Waals surface area contributed by atoms with Gasteiger partial charge in [0, 0.05) is 43.2 Å². The lowest BCUT2D eigenvalue weighted by atomic mass is 9.70. The molecule has 3 amide bonds. The summed E-state index contributed by atoms with van der Waals surface area (Å²) in [4.78, 5) is 48.0. The number of aliphatic hydroxyl groups excluding tert-OH is 1. The molecule has 8 nitrogen and oxygen atoms in total. The number of amides is 3. The van der Waals surface area contributed by atoms with Crippen LogP contribution in [0.2, 0.25) is 0 Å². The van der Waals surface area contributed by atoms with E-state index in [0.717, 1.165) is 24.3 Å². The van der Waals surface area contributed by atoms with E-state index < -0.39 is 22.6 Å². The number of carbonyl (C=O) groups is 3. The molecule has 3 heterocycles. The second-order valence-electron chi connectivity index (χ2n) is 11.1. The quantitative estimate of drug-likeness (QED) is 0.270. The number of anilines is 1. The number of aliphatic hydroxyl groups is 1. The molecule has 9 heteroatoms. The van der Waals surface area contributed by atoms with Crippen LogP contribution < -0.4 is 9.64 Å². The first-order chi connectivity index (χ1) is 19.2. The van der Waals surface area contributed by atoms with Gasteiger partial charge in [-0.05, 0) is 70.7 Å². The van der Waals surface area contributed by atoms with Gasteiger partial charge in [0.05, 0.1) is 23.2 Å². The van der Waals surface area contributed by atoms with Crippen LogP contribution in [-0.2, 0) is 14.4 Å². The molecule has 0 radical (unpaired) electrons. The highest BCUT2D eigenvalue weighted by Crippen LogP contribution is 2.66. The molecule has 218 valence electrons. The molecule has 3 aliphatic heterocycles. The average molecular weight is 570 g/mol. The third-order valence-corrected chi connectivity index (χ3v) is 10.3. The molecular weight excluding hydrogens is 526 g/mol. The van der Waals surface area contributed by atoms with E-state index in [4.69, 9.17) is 4.74 Å². The zero-order valence-electron chi connectivity index (χ0n) is 24.0. The highest BCUT2D eigenvalue weighted by Gasteiger charge is 2.74. The Morgan fingerprint density at radius 2 is 1.88 bits per heavy atom. The van der Waals surface area contributed by atoms with Crippen LogP contribution in [0.25, 0.3) is 0 Å². The first-order valence-electron chi connectivity index (χ1n) is 14.4. The number of fused-ring (bicyclic) bond motifs is 1. The monoisotopic (exact) mass is 569 g/mol. The van der Waals surface area contributed by atoms with E-state index in [9.17, 15) is 19.5 Å². The van der Waals surface area contributed by atoms with Gasteiger partial charge in [-0.25, -0.2) is 0 Å². The summed E-state index contributed by atoms with van der Waals surface area (Å²) in [5, 5.41) is 9.37. The van der Waals surface area contributed by atoms with E-state index in [0.29, 0.717) is 39.1 Å². The molecule has 4 rings (SSSR count). The molecule has 0 saturated carbocycles. The molecule has 1 aromatic carbocycles. The van der Waals surface area contributed by atoms with Gasteiger partial charge in [0.2, 0.25) is 17.7 Å². The molecule has 40 heavy (non-hydrogen) atoms. The summed E-state index contributed by atoms with van der Waals surface area (Å²) in [5.41, 5.74) is 0.727. The van der Waals surface area contributed by atoms with Crippen LogP contribution in [0.4, 0.5) is 5.69 Å². The molecular formula is C31H43N3O5S. The van der Waals surface area contributed by atoms with Crippen molar-refractivity contribution >= 4 is 35.2 Å². The fourth-order valence-electron chi connectivity index (χ4n) is 6.72. The maximum atomic E-state index is 14.3. The number of ether oxygens (including phenoxy) is 1. The Bertz CT molecular complexity index is 1110. The summed E-state index contributed by atoms with van der Waals surface area (Å²) in [6.45, 7) is 15.3. The van der Waals surface area contributed by atoms with Gasteiger partial charge in [0.25, 0.3) is 0 Å². The van der Waals surface area contributed by atoms with E-state index in [1.165, 1.54) is 0 Å². The van der Waals surface area contributed by atoms with Gasteiger partial charge >= 0.3 is 0 Å². The number of unbranched alkanes of at least 4 members (excludes halogenated alkanes) is 1. The zero-order chi connectivity index (χ0) is 29.0. The highest BCUT2D eigenvalue weighted by atomic mass is 32.2. The number of likely N-dealkylation sites (tertiary alicyclic amines) is 1. The highest BCUT2D eigenvalue weighted by molar-refractivity contribution is 8.02. The maximum Gasteiger partial charge on any atom is 0.247 e. The van der Waals surface area contributed by atoms with Crippen LogP contribution in [-0.4, -0.2) is 87.6 Å². The number of thioether (sulfide) groups is 1. The third kappa shape index (κ3) is 5.30. The Balaban J connectivity index is 1.71. The maximum absolute atomic E-state index is 14.3. The van der Waals surface area contributed by atoms with Crippen molar-refractivity contribution in [3.05, 3.63) is 49.6 Å². The second kappa shape index (κ2) is 12.8. The van der Waals surface area contributed by atoms with Gasteiger partial charge in [-0.2, -0.15) is 0 Å². The summed E-state index contributed by atoms with van der Waals surface area (Å²) >= 11 is 1.68. The summed E-state index contributed by atoms with van der Waals surface area (Å²) in [5.74, 6) is -0.659. The fourth-order valence-corrected chi connectivity index (χ4v) is 8.93. The molecule has 1 spiro atoms. The van der Waals surface area contributed by atoms with Crippen LogP contribution in [0.1, 0.15) is 46.5 Å². The minimum absolute atomic E-state index is 0.0281. The summed E-state index contributed by atoms with van der Waals surface area (Å²) < 4.78 is 4.93. The van der Waals surface area contributed by atoms with Crippen molar-refractivity contribution in [2.45, 2.75) is 68.5 Å². The average Bonchev–Trinajstić information content (AvgIpc) is 3.58. The lowest BCUT2D eigenvalue weighted by Gasteiger charge is -2.38. The summed E-state index contributed by atoms with van der Waals surface area (Å²) in [6, 6.07) is 6.72. The Kier molecular flexibility index (Phi) is 9.67. The van der Waals surface area contributed by atoms with Crippen molar-refractivity contribution in [3.8, 4) is 5.75 Å². The number of rotatable bonds is 14. The first-order valence-corrected chi connectivity index (χ1v) is 15.3. The van der Waals surface area contributed by atoms with Crippen molar-refractivity contribution in [1.29, 1.82) is 0 Å². The van der Waals surface area contributed by atoms with Crippen LogP contribution >= 0.6 is 11.8 Å². The van der Waals surface area contributed by atoms with Crippen molar-refractivity contribution in [2.24, 2.45) is 11.8 Å². The molecule has 0 aliphatic carbocycles. The van der Waals surface area contributed by atoms with E-state index in [2.05, 4.69) is 13.2 Å². The van der Waals surface area contributed by atoms with E-state index >= 15 is 0 Å². The second-order valence-corrected chi connectivity index (χ2v) is 12.7. The molecule has 3 fully saturated rings. The topological polar surface area (TPSA) is 90.4 Å². The largest absolute Gasteiger partial charge is 0.494 e. The van der Waals surface area contributed by atoms with Gasteiger partial charge in [0.1, 0.15) is 11.8 Å². The van der Waals surface area contributed by atoms with Gasteiger partial charge in [-0.3, -0.25) is 14.4 Å². The van der Waals surface area contributed by atoms with Crippen LogP contribution in [0.5, 0.6) is 5.75 Å². The summed E-state index contributed by atoms with van der Waals surface area (Å²) in [6.07, 6.45) is 6.07. The molecule has 2 bridgehead atoms. The van der Waals surface area contributed by atoms with Crippen LogP contribution in [0.3, 0.4) is 0 Å². The van der Waals surface area contributed by atoms with Crippen molar-refractivity contribution in [3.63, 3.8) is 0 Å². The lowest BCUT2D eigenvalue weighted by molar-refractivity contribution is -0.143. The molecule has 3 saturated heterocycles. The molecule has 0 aromatic heterocycles. The predicted octanol–water partition coefficient (Wildman–Crippen LogP) is 3.89. The standard InChI is InChI=1S/C31H43N3O5S/c1-6-17-32(21(4)5)30(38)27-31-16-15-24(40-31)25(26(31)29(37)34(27)19-9-10-20-35)28(36)33(18-7-2)22-11-13-23(14-12-22)39-8-3/h6-7,11-14,21,24-27,35H,1-2,8-10,15-20H2,3-5H3/t24-,25+,26-,27?,31?/m0/s1. The number of carbonyl (C=O) groups excluding carboxylic acids is 3. The molecule has 1 aromatic rings.